The zero-order chi connectivity index (χ0) is 14.8. The maximum Gasteiger partial charge on any atom is 0.227 e. The van der Waals surface area contributed by atoms with Crippen LogP contribution in [-0.2, 0) is 20.4 Å². The minimum Gasteiger partial charge on any atom is -0.326 e. The first-order valence-corrected chi connectivity index (χ1v) is 7.77. The summed E-state index contributed by atoms with van der Waals surface area (Å²) in [7, 11) is -1.21. The fraction of sp³-hybridized carbons (Fsp3) is 0.429. The average Bonchev–Trinajstić information content (AvgIpc) is 2.66. The van der Waals surface area contributed by atoms with Crippen molar-refractivity contribution < 1.29 is 13.8 Å². The number of carbonyl (C=O) groups is 2. The van der Waals surface area contributed by atoms with Gasteiger partial charge in [-0.2, -0.15) is 0 Å². The number of hydrogen-bond donors (Lipinski definition) is 1. The van der Waals surface area contributed by atoms with E-state index < -0.39 is 15.7 Å². The van der Waals surface area contributed by atoms with E-state index in [2.05, 4.69) is 5.32 Å². The van der Waals surface area contributed by atoms with E-state index in [1.165, 1.54) is 11.8 Å². The van der Waals surface area contributed by atoms with Gasteiger partial charge in [-0.1, -0.05) is 18.2 Å². The molecule has 1 aromatic carbocycles. The molecule has 0 bridgehead atoms. The standard InChI is InChI=1S/C14H18N2O3S/c1-11(17)16-8-9-20(19)14(16,2)10-13(18)15-12-6-4-3-5-7-12/h3-7H,8-10H2,1-2H3,(H,15,18). The van der Waals surface area contributed by atoms with E-state index in [9.17, 15) is 13.8 Å². The van der Waals surface area contributed by atoms with Gasteiger partial charge in [0.1, 0.15) is 4.87 Å². The molecule has 0 aromatic heterocycles. The summed E-state index contributed by atoms with van der Waals surface area (Å²) < 4.78 is 12.1. The van der Waals surface area contributed by atoms with Crippen molar-refractivity contribution in [1.82, 2.24) is 4.90 Å². The number of amides is 2. The molecule has 1 heterocycles. The zero-order valence-electron chi connectivity index (χ0n) is 11.6. The number of para-hydroxylation sites is 1. The lowest BCUT2D eigenvalue weighted by atomic mass is 10.1. The number of nitrogens with one attached hydrogen (secondary N) is 1. The highest BCUT2D eigenvalue weighted by Gasteiger charge is 2.46. The fourth-order valence-electron chi connectivity index (χ4n) is 2.44. The molecule has 1 aliphatic heterocycles. The maximum atomic E-state index is 12.1. The molecule has 1 aliphatic rings. The van der Waals surface area contributed by atoms with E-state index in [0.29, 0.717) is 18.0 Å². The van der Waals surface area contributed by atoms with Crippen molar-refractivity contribution in [3.8, 4) is 0 Å². The van der Waals surface area contributed by atoms with Crippen LogP contribution in [0, 0.1) is 0 Å². The highest BCUT2D eigenvalue weighted by atomic mass is 32.2. The number of benzene rings is 1. The summed E-state index contributed by atoms with van der Waals surface area (Å²) in [6, 6.07) is 9.09. The van der Waals surface area contributed by atoms with Gasteiger partial charge in [0.05, 0.1) is 6.42 Å². The van der Waals surface area contributed by atoms with Crippen molar-refractivity contribution in [1.29, 1.82) is 0 Å². The van der Waals surface area contributed by atoms with Gasteiger partial charge in [0.15, 0.2) is 0 Å². The van der Waals surface area contributed by atoms with Crippen LogP contribution < -0.4 is 5.32 Å². The molecule has 20 heavy (non-hydrogen) atoms. The lowest BCUT2D eigenvalue weighted by Gasteiger charge is -2.32. The Morgan fingerprint density at radius 3 is 2.60 bits per heavy atom. The Hall–Kier alpha value is -1.69. The summed E-state index contributed by atoms with van der Waals surface area (Å²) in [6.45, 7) is 3.59. The van der Waals surface area contributed by atoms with Crippen LogP contribution in [-0.4, -0.2) is 38.1 Å². The Morgan fingerprint density at radius 1 is 1.35 bits per heavy atom. The molecule has 6 heteroatoms. The largest absolute Gasteiger partial charge is 0.326 e. The van der Waals surface area contributed by atoms with Crippen LogP contribution in [0.1, 0.15) is 20.3 Å². The van der Waals surface area contributed by atoms with Crippen LogP contribution in [0.2, 0.25) is 0 Å². The Bertz CT molecular complexity index is 547. The Labute approximate surface area is 120 Å². The van der Waals surface area contributed by atoms with Gasteiger partial charge in [-0.3, -0.25) is 13.8 Å². The van der Waals surface area contributed by atoms with Gasteiger partial charge in [-0.25, -0.2) is 0 Å². The molecular formula is C14H18N2O3S. The molecule has 1 fully saturated rings. The van der Waals surface area contributed by atoms with Gasteiger partial charge in [0.2, 0.25) is 11.8 Å². The lowest BCUT2D eigenvalue weighted by Crippen LogP contribution is -2.48. The molecule has 1 saturated heterocycles. The van der Waals surface area contributed by atoms with Crippen molar-refractivity contribution in [2.24, 2.45) is 0 Å². The average molecular weight is 294 g/mol. The summed E-state index contributed by atoms with van der Waals surface area (Å²) in [5, 5.41) is 2.76. The number of nitrogens with zero attached hydrogens (tertiary/aromatic N) is 1. The van der Waals surface area contributed by atoms with Gasteiger partial charge in [0.25, 0.3) is 0 Å². The monoisotopic (exact) mass is 294 g/mol. The van der Waals surface area contributed by atoms with Gasteiger partial charge >= 0.3 is 0 Å². The predicted molar refractivity (Wildman–Crippen MR) is 78.5 cm³/mol. The van der Waals surface area contributed by atoms with E-state index >= 15 is 0 Å². The first-order chi connectivity index (χ1) is 9.43. The first-order valence-electron chi connectivity index (χ1n) is 6.45. The maximum absolute atomic E-state index is 12.1. The van der Waals surface area contributed by atoms with Crippen LogP contribution in [0.3, 0.4) is 0 Å². The second-order valence-corrected chi connectivity index (χ2v) is 6.97. The first kappa shape index (κ1) is 14.7. The van der Waals surface area contributed by atoms with E-state index in [1.54, 1.807) is 19.1 Å². The Morgan fingerprint density at radius 2 is 2.00 bits per heavy atom. The zero-order valence-corrected chi connectivity index (χ0v) is 12.4. The normalized spacial score (nSPS) is 25.5. The third-order valence-corrected chi connectivity index (χ3v) is 5.39. The number of anilines is 1. The fourth-order valence-corrected chi connectivity index (χ4v) is 3.99. The van der Waals surface area contributed by atoms with E-state index in [1.807, 2.05) is 18.2 Å². The summed E-state index contributed by atoms with van der Waals surface area (Å²) in [4.78, 5) is 24.3. The third-order valence-electron chi connectivity index (χ3n) is 3.49. The predicted octanol–water partition coefficient (Wildman–Crippen LogP) is 1.34. The van der Waals surface area contributed by atoms with Crippen molar-refractivity contribution in [2.45, 2.75) is 25.1 Å². The third kappa shape index (κ3) is 2.90. The SMILES string of the molecule is CC(=O)N1CCS(=O)C1(C)CC(=O)Nc1ccccc1. The van der Waals surface area contributed by atoms with Gasteiger partial charge in [0, 0.05) is 35.7 Å². The molecule has 5 nitrogen and oxygen atoms in total. The molecule has 0 saturated carbocycles. The van der Waals surface area contributed by atoms with Gasteiger partial charge in [-0.05, 0) is 19.1 Å². The van der Waals surface area contributed by atoms with Crippen molar-refractivity contribution >= 4 is 28.3 Å². The molecule has 2 unspecified atom stereocenters. The molecule has 0 radical (unpaired) electrons. The van der Waals surface area contributed by atoms with Crippen molar-refractivity contribution in [3.05, 3.63) is 30.3 Å². The molecule has 1 aromatic rings. The minimum atomic E-state index is -1.21. The lowest BCUT2D eigenvalue weighted by molar-refractivity contribution is -0.131. The van der Waals surface area contributed by atoms with Crippen LogP contribution >= 0.6 is 0 Å². The molecule has 1 N–H and O–H groups in total. The molecular weight excluding hydrogens is 276 g/mol. The van der Waals surface area contributed by atoms with E-state index in [0.717, 1.165) is 0 Å². The van der Waals surface area contributed by atoms with E-state index in [-0.39, 0.29) is 18.2 Å². The molecule has 2 atom stereocenters. The van der Waals surface area contributed by atoms with Crippen molar-refractivity contribution in [3.63, 3.8) is 0 Å². The Balaban J connectivity index is 2.09. The molecule has 2 rings (SSSR count). The summed E-state index contributed by atoms with van der Waals surface area (Å²) >= 11 is 0. The summed E-state index contributed by atoms with van der Waals surface area (Å²) in [5.74, 6) is 0.0420. The van der Waals surface area contributed by atoms with Crippen LogP contribution in [0.25, 0.3) is 0 Å². The molecule has 0 spiro atoms. The smallest absolute Gasteiger partial charge is 0.227 e. The topological polar surface area (TPSA) is 66.5 Å². The highest BCUT2D eigenvalue weighted by Crippen LogP contribution is 2.30. The molecule has 2 amide bonds. The van der Waals surface area contributed by atoms with Crippen LogP contribution in [0.5, 0.6) is 0 Å². The molecule has 108 valence electrons. The van der Waals surface area contributed by atoms with Crippen molar-refractivity contribution in [2.75, 3.05) is 17.6 Å². The second-order valence-electron chi connectivity index (χ2n) is 4.99. The quantitative estimate of drug-likeness (QED) is 0.915. The van der Waals surface area contributed by atoms with Gasteiger partial charge in [-0.15, -0.1) is 0 Å². The van der Waals surface area contributed by atoms with Crippen LogP contribution in [0.4, 0.5) is 5.69 Å². The van der Waals surface area contributed by atoms with Gasteiger partial charge < -0.3 is 10.2 Å². The number of hydrogen-bond acceptors (Lipinski definition) is 3. The molecule has 0 aliphatic carbocycles. The number of rotatable bonds is 3. The Kier molecular flexibility index (Phi) is 4.23. The highest BCUT2D eigenvalue weighted by molar-refractivity contribution is 7.86. The second kappa shape index (κ2) is 5.75. The van der Waals surface area contributed by atoms with E-state index in [4.69, 9.17) is 0 Å². The number of carbonyl (C=O) groups excluding carboxylic acids is 2. The minimum absolute atomic E-state index is 0.0358. The van der Waals surface area contributed by atoms with Crippen LogP contribution in [0.15, 0.2) is 30.3 Å². The summed E-state index contributed by atoms with van der Waals surface area (Å²) in [6.07, 6.45) is 0.0358. The summed E-state index contributed by atoms with van der Waals surface area (Å²) in [5.41, 5.74) is 0.694.